The molecule has 23 heavy (non-hydrogen) atoms. The first-order valence-electron chi connectivity index (χ1n) is 6.08. The van der Waals surface area contributed by atoms with Crippen molar-refractivity contribution in [1.82, 2.24) is 10.5 Å². The summed E-state index contributed by atoms with van der Waals surface area (Å²) in [5.41, 5.74) is 10.3. The lowest BCUT2D eigenvalue weighted by molar-refractivity contribution is -0.301. The van der Waals surface area contributed by atoms with Gasteiger partial charge < -0.3 is 30.9 Å². The second kappa shape index (κ2) is 7.48. The molecule has 1 fully saturated rings. The topological polar surface area (TPSA) is 212 Å². The fourth-order valence-corrected chi connectivity index (χ4v) is 1.87. The van der Waals surface area contributed by atoms with E-state index in [1.54, 1.807) is 0 Å². The minimum Gasteiger partial charge on any atom is -0.368 e. The van der Waals surface area contributed by atoms with Gasteiger partial charge in [0.1, 0.15) is 6.04 Å². The number of hydrogen-bond acceptors (Lipinski definition) is 9. The van der Waals surface area contributed by atoms with E-state index >= 15 is 0 Å². The lowest BCUT2D eigenvalue weighted by atomic mass is 10.2. The van der Waals surface area contributed by atoms with Gasteiger partial charge in [0.2, 0.25) is 5.91 Å². The van der Waals surface area contributed by atoms with E-state index in [2.05, 4.69) is 15.0 Å². The van der Waals surface area contributed by atoms with Crippen molar-refractivity contribution in [3.63, 3.8) is 0 Å². The maximum absolute atomic E-state index is 11.9. The van der Waals surface area contributed by atoms with Crippen molar-refractivity contribution in [1.29, 1.82) is 0 Å². The van der Waals surface area contributed by atoms with Crippen LogP contribution in [0.1, 0.15) is 12.8 Å². The molecule has 0 aromatic heterocycles. The maximum atomic E-state index is 11.9. The van der Waals surface area contributed by atoms with Crippen LogP contribution >= 0.6 is 7.60 Å². The van der Waals surface area contributed by atoms with Crippen LogP contribution in [0.15, 0.2) is 0 Å². The summed E-state index contributed by atoms with van der Waals surface area (Å²) in [5.74, 6) is -4.39. The Morgan fingerprint density at radius 1 is 1.39 bits per heavy atom. The highest BCUT2D eigenvalue weighted by molar-refractivity contribution is 7.51. The molecule has 0 spiro atoms. The molecule has 1 rings (SSSR count). The number of nitrogens with zero attached hydrogens (tertiary/aromatic N) is 1. The van der Waals surface area contributed by atoms with Gasteiger partial charge in [-0.3, -0.25) is 19.5 Å². The second-order valence-electron chi connectivity index (χ2n) is 4.52. The maximum Gasteiger partial charge on any atom is 0.353 e. The van der Waals surface area contributed by atoms with E-state index < -0.39 is 62.6 Å². The highest BCUT2D eigenvalue weighted by atomic mass is 31.2. The SMILES string of the molecule is NC(=O)C(CC(=O)N1OC(=O)CC(N)C(=O)O1)NCP(=O)(O)O. The third-order valence-electron chi connectivity index (χ3n) is 2.52. The van der Waals surface area contributed by atoms with E-state index in [0.717, 1.165) is 0 Å². The Morgan fingerprint density at radius 2 is 2.00 bits per heavy atom. The van der Waals surface area contributed by atoms with Crippen molar-refractivity contribution in [2.45, 2.75) is 24.9 Å². The molecule has 2 amide bonds. The summed E-state index contributed by atoms with van der Waals surface area (Å²) < 4.78 is 10.7. The van der Waals surface area contributed by atoms with Crippen LogP contribution in [-0.2, 0) is 33.4 Å². The molecular weight excluding hydrogens is 339 g/mol. The van der Waals surface area contributed by atoms with E-state index in [9.17, 15) is 23.7 Å². The van der Waals surface area contributed by atoms with Crippen molar-refractivity contribution >= 4 is 31.3 Å². The van der Waals surface area contributed by atoms with E-state index in [4.69, 9.17) is 21.3 Å². The third kappa shape index (κ3) is 6.30. The normalized spacial score (nSPS) is 20.3. The molecule has 13 nitrogen and oxygen atoms in total. The summed E-state index contributed by atoms with van der Waals surface area (Å²) in [6.07, 6.45) is -2.22. The van der Waals surface area contributed by atoms with Crippen molar-refractivity contribution in [3.05, 3.63) is 0 Å². The number of nitrogens with two attached hydrogens (primary N) is 2. The Bertz CT molecular complexity index is 561. The first kappa shape index (κ1) is 19.0. The molecular formula is C9H15N4O9P. The van der Waals surface area contributed by atoms with Crippen LogP contribution in [0.2, 0.25) is 0 Å². The summed E-state index contributed by atoms with van der Waals surface area (Å²) in [4.78, 5) is 72.0. The first-order chi connectivity index (χ1) is 10.5. The molecule has 0 aromatic rings. The molecule has 1 saturated heterocycles. The monoisotopic (exact) mass is 354 g/mol. The van der Waals surface area contributed by atoms with Gasteiger partial charge in [0, 0.05) is 5.23 Å². The van der Waals surface area contributed by atoms with Gasteiger partial charge in [-0.05, 0) is 0 Å². The second-order valence-corrected chi connectivity index (χ2v) is 6.17. The number of amides is 2. The van der Waals surface area contributed by atoms with Crippen LogP contribution < -0.4 is 16.8 Å². The van der Waals surface area contributed by atoms with Gasteiger partial charge in [0.05, 0.1) is 25.2 Å². The molecule has 7 N–H and O–H groups in total. The van der Waals surface area contributed by atoms with Gasteiger partial charge in [-0.25, -0.2) is 9.59 Å². The first-order valence-corrected chi connectivity index (χ1v) is 7.88. The van der Waals surface area contributed by atoms with Gasteiger partial charge in [-0.2, -0.15) is 0 Å². The van der Waals surface area contributed by atoms with Gasteiger partial charge in [0.15, 0.2) is 0 Å². The van der Waals surface area contributed by atoms with Crippen LogP contribution in [0.25, 0.3) is 0 Å². The smallest absolute Gasteiger partial charge is 0.353 e. The van der Waals surface area contributed by atoms with E-state index in [0.29, 0.717) is 0 Å². The van der Waals surface area contributed by atoms with Crippen molar-refractivity contribution in [2.24, 2.45) is 11.5 Å². The zero-order chi connectivity index (χ0) is 17.8. The largest absolute Gasteiger partial charge is 0.368 e. The van der Waals surface area contributed by atoms with Crippen LogP contribution in [0.5, 0.6) is 0 Å². The van der Waals surface area contributed by atoms with Crippen LogP contribution in [-0.4, -0.2) is 57.1 Å². The Kier molecular flexibility index (Phi) is 6.18. The molecule has 1 aliphatic rings. The molecule has 0 aliphatic carbocycles. The third-order valence-corrected chi connectivity index (χ3v) is 3.11. The zero-order valence-corrected chi connectivity index (χ0v) is 12.5. The summed E-state index contributed by atoms with van der Waals surface area (Å²) in [7, 11) is -4.50. The minimum atomic E-state index is -4.50. The number of hydrogen-bond donors (Lipinski definition) is 5. The van der Waals surface area contributed by atoms with Crippen molar-refractivity contribution in [3.8, 4) is 0 Å². The average molecular weight is 354 g/mol. The van der Waals surface area contributed by atoms with Crippen LogP contribution in [0.4, 0.5) is 0 Å². The van der Waals surface area contributed by atoms with Crippen molar-refractivity contribution in [2.75, 3.05) is 6.29 Å². The van der Waals surface area contributed by atoms with Gasteiger partial charge in [-0.15, -0.1) is 0 Å². The summed E-state index contributed by atoms with van der Waals surface area (Å²) in [6.45, 7) is 0. The highest BCUT2D eigenvalue weighted by Gasteiger charge is 2.35. The summed E-state index contributed by atoms with van der Waals surface area (Å²) in [6, 6.07) is -2.82. The molecule has 0 saturated carbocycles. The minimum absolute atomic E-state index is 0.0490. The Morgan fingerprint density at radius 3 is 2.52 bits per heavy atom. The molecule has 2 unspecified atom stereocenters. The fraction of sp³-hybridized carbons (Fsp3) is 0.556. The van der Waals surface area contributed by atoms with Crippen LogP contribution in [0, 0.1) is 0 Å². The predicted molar refractivity (Wildman–Crippen MR) is 69.3 cm³/mol. The van der Waals surface area contributed by atoms with Crippen molar-refractivity contribution < 1.29 is 43.2 Å². The van der Waals surface area contributed by atoms with E-state index in [-0.39, 0.29) is 5.23 Å². The molecule has 14 heteroatoms. The Hall–Kier alpha value is -2.05. The molecule has 0 aromatic carbocycles. The number of rotatable bonds is 6. The molecule has 0 bridgehead atoms. The number of hydroxylamine groups is 2. The van der Waals surface area contributed by atoms with E-state index in [1.807, 2.05) is 0 Å². The number of carbonyl (C=O) groups excluding carboxylic acids is 4. The van der Waals surface area contributed by atoms with Gasteiger partial charge >= 0.3 is 19.5 Å². The zero-order valence-electron chi connectivity index (χ0n) is 11.6. The molecule has 1 heterocycles. The predicted octanol–water partition coefficient (Wildman–Crippen LogP) is -3.57. The summed E-state index contributed by atoms with van der Waals surface area (Å²) >= 11 is 0. The number of carbonyl (C=O) groups is 4. The number of primary amides is 1. The highest BCUT2D eigenvalue weighted by Crippen LogP contribution is 2.32. The summed E-state index contributed by atoms with van der Waals surface area (Å²) in [5, 5.41) is 2.04. The lowest BCUT2D eigenvalue weighted by Crippen LogP contribution is -2.46. The molecule has 130 valence electrons. The van der Waals surface area contributed by atoms with Gasteiger partial charge in [-0.1, -0.05) is 0 Å². The Labute approximate surface area is 128 Å². The molecule has 1 aliphatic heterocycles. The Balaban J connectivity index is 2.74. The van der Waals surface area contributed by atoms with Crippen LogP contribution in [0.3, 0.4) is 0 Å². The lowest BCUT2D eigenvalue weighted by Gasteiger charge is -2.20. The van der Waals surface area contributed by atoms with Gasteiger partial charge in [0.25, 0.3) is 5.91 Å². The molecule has 2 atom stereocenters. The average Bonchev–Trinajstić information content (AvgIpc) is 2.52. The van der Waals surface area contributed by atoms with E-state index in [1.165, 1.54) is 0 Å². The quantitative estimate of drug-likeness (QED) is 0.294. The number of nitrogens with one attached hydrogen (secondary N) is 1. The standard InChI is InChI=1S/C9H15N4O9P/c10-4-1-7(15)21-13(22-9(4)17)6(14)2-5(8(11)16)12-3-23(18,19)20/h4-5,12H,1-3,10H2,(H2,11,16)(H2,18,19,20). The fourth-order valence-electron chi connectivity index (χ4n) is 1.41. The molecule has 0 radical (unpaired) electrons.